The summed E-state index contributed by atoms with van der Waals surface area (Å²) < 4.78 is 5.56. The van der Waals surface area contributed by atoms with E-state index in [4.69, 9.17) is 16.3 Å². The fourth-order valence-corrected chi connectivity index (χ4v) is 2.29. The zero-order valence-electron chi connectivity index (χ0n) is 9.61. The van der Waals surface area contributed by atoms with Crippen molar-refractivity contribution >= 4 is 11.6 Å². The summed E-state index contributed by atoms with van der Waals surface area (Å²) >= 11 is 6.05. The third-order valence-corrected chi connectivity index (χ3v) is 3.70. The van der Waals surface area contributed by atoms with Crippen molar-refractivity contribution in [2.75, 3.05) is 6.61 Å². The van der Waals surface area contributed by atoms with E-state index >= 15 is 0 Å². The van der Waals surface area contributed by atoms with Gasteiger partial charge >= 0.3 is 0 Å². The van der Waals surface area contributed by atoms with Crippen LogP contribution in [0.5, 0.6) is 0 Å². The van der Waals surface area contributed by atoms with Gasteiger partial charge in [-0.3, -0.25) is 0 Å². The molecule has 88 valence electrons. The van der Waals surface area contributed by atoms with Crippen LogP contribution in [0.4, 0.5) is 0 Å². The summed E-state index contributed by atoms with van der Waals surface area (Å²) in [7, 11) is 0. The Morgan fingerprint density at radius 2 is 2.25 bits per heavy atom. The van der Waals surface area contributed by atoms with E-state index in [1.54, 1.807) is 0 Å². The van der Waals surface area contributed by atoms with Gasteiger partial charge in [-0.2, -0.15) is 0 Å². The number of aliphatic hydroxyl groups is 1. The number of ether oxygens (including phenoxy) is 1. The Labute approximate surface area is 101 Å². The highest BCUT2D eigenvalue weighted by atomic mass is 35.5. The van der Waals surface area contributed by atoms with Crippen LogP contribution < -0.4 is 0 Å². The predicted octanol–water partition coefficient (Wildman–Crippen LogP) is 3.11. The van der Waals surface area contributed by atoms with Crippen LogP contribution in [0.15, 0.2) is 18.2 Å². The van der Waals surface area contributed by atoms with Gasteiger partial charge in [-0.1, -0.05) is 30.7 Å². The van der Waals surface area contributed by atoms with E-state index in [1.807, 2.05) is 25.1 Å². The summed E-state index contributed by atoms with van der Waals surface area (Å²) in [6.07, 6.45) is 0.343. The van der Waals surface area contributed by atoms with Crippen LogP contribution in [0.25, 0.3) is 0 Å². The van der Waals surface area contributed by atoms with E-state index in [1.165, 1.54) is 0 Å². The van der Waals surface area contributed by atoms with Crippen LogP contribution in [0.2, 0.25) is 5.02 Å². The van der Waals surface area contributed by atoms with Gasteiger partial charge in [0, 0.05) is 11.6 Å². The second-order valence-corrected chi connectivity index (χ2v) is 4.96. The summed E-state index contributed by atoms with van der Waals surface area (Å²) in [6, 6.07) is 5.68. The summed E-state index contributed by atoms with van der Waals surface area (Å²) in [5.41, 5.74) is 1.87. The van der Waals surface area contributed by atoms with E-state index in [-0.39, 0.29) is 6.10 Å². The molecular weight excluding hydrogens is 224 g/mol. The summed E-state index contributed by atoms with van der Waals surface area (Å²) in [6.45, 7) is 4.80. The summed E-state index contributed by atoms with van der Waals surface area (Å²) in [5.74, 6) is 0.398. The lowest BCUT2D eigenvalue weighted by molar-refractivity contribution is -0.0178. The molecule has 3 heteroatoms. The maximum absolute atomic E-state index is 10.2. The Morgan fingerprint density at radius 3 is 2.81 bits per heavy atom. The van der Waals surface area contributed by atoms with Gasteiger partial charge in [0.25, 0.3) is 0 Å². The maximum Gasteiger partial charge on any atom is 0.105 e. The van der Waals surface area contributed by atoms with Crippen molar-refractivity contribution in [2.45, 2.75) is 32.5 Å². The number of hydrogen-bond acceptors (Lipinski definition) is 2. The number of aliphatic hydroxyl groups excluding tert-OH is 1. The van der Waals surface area contributed by atoms with Gasteiger partial charge < -0.3 is 9.84 Å². The number of hydrogen-bond donors (Lipinski definition) is 1. The molecule has 0 radical (unpaired) electrons. The minimum Gasteiger partial charge on any atom is -0.386 e. The lowest BCUT2D eigenvalue weighted by Crippen LogP contribution is -2.23. The molecule has 0 bridgehead atoms. The van der Waals surface area contributed by atoms with Crippen LogP contribution >= 0.6 is 11.6 Å². The van der Waals surface area contributed by atoms with Crippen molar-refractivity contribution in [3.63, 3.8) is 0 Å². The molecule has 0 saturated carbocycles. The molecule has 1 heterocycles. The number of halogens is 1. The van der Waals surface area contributed by atoms with Gasteiger partial charge in [0.15, 0.2) is 0 Å². The number of rotatable bonds is 2. The molecule has 1 aromatic rings. The highest BCUT2D eigenvalue weighted by Crippen LogP contribution is 2.32. The molecule has 3 unspecified atom stereocenters. The minimum absolute atomic E-state index is 0.0984. The van der Waals surface area contributed by atoms with Gasteiger partial charge in [-0.05, 0) is 36.5 Å². The predicted molar refractivity (Wildman–Crippen MR) is 64.7 cm³/mol. The standard InChI is InChI=1S/C13H17ClO2/c1-8-3-4-10(7-11(8)14)12(15)13-9(2)5-6-16-13/h3-4,7,9,12-13,15H,5-6H2,1-2H3. The number of benzene rings is 1. The molecule has 16 heavy (non-hydrogen) atoms. The van der Waals surface area contributed by atoms with Crippen LogP contribution in [-0.2, 0) is 4.74 Å². The highest BCUT2D eigenvalue weighted by molar-refractivity contribution is 6.31. The van der Waals surface area contributed by atoms with Crippen molar-refractivity contribution in [3.8, 4) is 0 Å². The lowest BCUT2D eigenvalue weighted by atomic mass is 9.94. The van der Waals surface area contributed by atoms with Crippen molar-refractivity contribution in [3.05, 3.63) is 34.3 Å². The molecule has 0 aromatic heterocycles. The van der Waals surface area contributed by atoms with E-state index < -0.39 is 6.10 Å². The average molecular weight is 241 g/mol. The Hall–Kier alpha value is -0.570. The molecule has 3 atom stereocenters. The lowest BCUT2D eigenvalue weighted by Gasteiger charge is -2.22. The number of aryl methyl sites for hydroxylation is 1. The third-order valence-electron chi connectivity index (χ3n) is 3.29. The molecule has 1 aliphatic rings. The zero-order chi connectivity index (χ0) is 11.7. The second-order valence-electron chi connectivity index (χ2n) is 4.55. The van der Waals surface area contributed by atoms with E-state index in [0.717, 1.165) is 24.2 Å². The molecule has 2 rings (SSSR count). The van der Waals surface area contributed by atoms with Crippen molar-refractivity contribution in [1.82, 2.24) is 0 Å². The zero-order valence-corrected chi connectivity index (χ0v) is 10.4. The molecule has 0 spiro atoms. The molecule has 1 saturated heterocycles. The van der Waals surface area contributed by atoms with Gasteiger partial charge in [0.2, 0.25) is 0 Å². The Bertz CT molecular complexity index is 378. The molecule has 0 aliphatic carbocycles. The van der Waals surface area contributed by atoms with Gasteiger partial charge in [0.05, 0.1) is 6.10 Å². The Balaban J connectivity index is 2.20. The van der Waals surface area contributed by atoms with Crippen LogP contribution in [0.1, 0.15) is 30.6 Å². The minimum atomic E-state index is -0.574. The molecule has 2 nitrogen and oxygen atoms in total. The highest BCUT2D eigenvalue weighted by Gasteiger charge is 2.31. The van der Waals surface area contributed by atoms with E-state index in [9.17, 15) is 5.11 Å². The largest absolute Gasteiger partial charge is 0.386 e. The fourth-order valence-electron chi connectivity index (χ4n) is 2.10. The first-order valence-electron chi connectivity index (χ1n) is 5.65. The average Bonchev–Trinajstić information content (AvgIpc) is 2.67. The second kappa shape index (κ2) is 4.74. The van der Waals surface area contributed by atoms with E-state index in [0.29, 0.717) is 10.9 Å². The van der Waals surface area contributed by atoms with Gasteiger partial charge in [-0.15, -0.1) is 0 Å². The van der Waals surface area contributed by atoms with Crippen LogP contribution in [0.3, 0.4) is 0 Å². The van der Waals surface area contributed by atoms with Crippen LogP contribution in [-0.4, -0.2) is 17.8 Å². The molecule has 1 fully saturated rings. The first kappa shape index (κ1) is 11.9. The molecular formula is C13H17ClO2. The van der Waals surface area contributed by atoms with Crippen molar-refractivity contribution in [1.29, 1.82) is 0 Å². The van der Waals surface area contributed by atoms with Crippen LogP contribution in [0, 0.1) is 12.8 Å². The van der Waals surface area contributed by atoms with Gasteiger partial charge in [0.1, 0.15) is 6.10 Å². The molecule has 0 amide bonds. The smallest absolute Gasteiger partial charge is 0.105 e. The molecule has 1 N–H and O–H groups in total. The van der Waals surface area contributed by atoms with E-state index in [2.05, 4.69) is 6.92 Å². The summed E-state index contributed by atoms with van der Waals surface area (Å²) in [4.78, 5) is 0. The van der Waals surface area contributed by atoms with Crippen molar-refractivity contribution in [2.24, 2.45) is 5.92 Å². The monoisotopic (exact) mass is 240 g/mol. The van der Waals surface area contributed by atoms with Gasteiger partial charge in [-0.25, -0.2) is 0 Å². The quantitative estimate of drug-likeness (QED) is 0.861. The first-order valence-corrected chi connectivity index (χ1v) is 6.03. The topological polar surface area (TPSA) is 29.5 Å². The Morgan fingerprint density at radius 1 is 1.50 bits per heavy atom. The molecule has 1 aromatic carbocycles. The molecule has 1 aliphatic heterocycles. The Kier molecular flexibility index (Phi) is 3.53. The maximum atomic E-state index is 10.2. The SMILES string of the molecule is Cc1ccc(C(O)C2OCCC2C)cc1Cl. The normalized spacial score (nSPS) is 27.0. The third kappa shape index (κ3) is 2.24. The fraction of sp³-hybridized carbons (Fsp3) is 0.538. The summed E-state index contributed by atoms with van der Waals surface area (Å²) in [5, 5.41) is 10.9. The first-order chi connectivity index (χ1) is 7.59. The van der Waals surface area contributed by atoms with Crippen molar-refractivity contribution < 1.29 is 9.84 Å².